The van der Waals surface area contributed by atoms with Gasteiger partial charge in [0.1, 0.15) is 11.2 Å². The van der Waals surface area contributed by atoms with Crippen molar-refractivity contribution in [2.75, 3.05) is 0 Å². The number of rotatable bonds is 3. The fourth-order valence-corrected chi connectivity index (χ4v) is 10.2. The molecule has 0 fully saturated rings. The van der Waals surface area contributed by atoms with Gasteiger partial charge in [-0.15, -0.1) is 0 Å². The molecule has 1 heterocycles. The quantitative estimate of drug-likeness (QED) is 0.166. The van der Waals surface area contributed by atoms with Gasteiger partial charge in [0.25, 0.3) is 0 Å². The van der Waals surface area contributed by atoms with E-state index in [0.717, 1.165) is 24.0 Å². The van der Waals surface area contributed by atoms with E-state index in [1.54, 1.807) is 0 Å². The third kappa shape index (κ3) is 4.49. The minimum Gasteiger partial charge on any atom is -0.456 e. The standard InChI is InChI=1S/C55H38O/c1-55(2)48-27-25-38-30-47-40-14-10-11-19-50(40)56-51(47)32-46(38)54(48)45-26-24-37(31-49(45)55)35-20-21-36-29-39(23-22-34(36)28-35)53-43-17-8-6-15-41(43)52(33-12-4-3-5-13-33)42-16-7-9-18-44(42)53/h3-21,24-32H,22-23H2,1-2H3. The van der Waals surface area contributed by atoms with Crippen LogP contribution in [0.25, 0.3) is 99.3 Å². The lowest BCUT2D eigenvalue weighted by atomic mass is 9.80. The summed E-state index contributed by atoms with van der Waals surface area (Å²) in [5.41, 5.74) is 17.9. The van der Waals surface area contributed by atoms with Crippen LogP contribution >= 0.6 is 0 Å². The second-order valence-electron chi connectivity index (χ2n) is 16.3. The van der Waals surface area contributed by atoms with Gasteiger partial charge in [0.05, 0.1) is 0 Å². The van der Waals surface area contributed by atoms with Gasteiger partial charge in [-0.05, 0) is 136 Å². The molecular weight excluding hydrogens is 677 g/mol. The molecule has 1 heteroatoms. The Balaban J connectivity index is 0.950. The zero-order chi connectivity index (χ0) is 37.1. The molecule has 0 aliphatic heterocycles. The highest BCUT2D eigenvalue weighted by Crippen LogP contribution is 2.53. The number of aryl methyl sites for hydroxylation is 1. The third-order valence-corrected chi connectivity index (χ3v) is 12.9. The maximum atomic E-state index is 6.37. The molecule has 0 N–H and O–H groups in total. The van der Waals surface area contributed by atoms with E-state index in [1.807, 2.05) is 6.07 Å². The summed E-state index contributed by atoms with van der Waals surface area (Å²) < 4.78 is 6.37. The fraction of sp³-hybridized carbons (Fsp3) is 0.0909. The van der Waals surface area contributed by atoms with Crippen LogP contribution in [0.5, 0.6) is 0 Å². The molecule has 264 valence electrons. The first-order valence-electron chi connectivity index (χ1n) is 19.9. The largest absolute Gasteiger partial charge is 0.456 e. The van der Waals surface area contributed by atoms with Crippen molar-refractivity contribution in [1.29, 1.82) is 0 Å². The number of fused-ring (bicyclic) bond motifs is 11. The Hall–Kier alpha value is -6.70. The number of hydrogen-bond acceptors (Lipinski definition) is 1. The van der Waals surface area contributed by atoms with E-state index in [1.165, 1.54) is 110 Å². The molecule has 1 nitrogen and oxygen atoms in total. The van der Waals surface area contributed by atoms with Crippen LogP contribution in [0.3, 0.4) is 0 Å². The molecule has 9 aromatic carbocycles. The molecule has 2 aliphatic rings. The van der Waals surface area contributed by atoms with Crippen LogP contribution in [0.4, 0.5) is 0 Å². The van der Waals surface area contributed by atoms with Crippen molar-refractivity contribution in [2.45, 2.75) is 32.1 Å². The SMILES string of the molecule is CC1(C)c2cc(-c3ccc4c(c3)CCC(c3c5ccccc5c(-c5ccccc5)c5ccccc35)=C4)ccc2-c2c1ccc1cc3c(cc21)oc1ccccc13. The van der Waals surface area contributed by atoms with E-state index in [2.05, 4.69) is 178 Å². The van der Waals surface area contributed by atoms with Crippen LogP contribution in [0.1, 0.15) is 48.1 Å². The Bertz CT molecular complexity index is 3260. The van der Waals surface area contributed by atoms with Crippen molar-refractivity contribution in [3.63, 3.8) is 0 Å². The summed E-state index contributed by atoms with van der Waals surface area (Å²) >= 11 is 0. The van der Waals surface area contributed by atoms with Crippen molar-refractivity contribution >= 4 is 65.9 Å². The predicted molar refractivity (Wildman–Crippen MR) is 237 cm³/mol. The Morgan fingerprint density at radius 2 is 1.09 bits per heavy atom. The molecule has 0 unspecified atom stereocenters. The van der Waals surface area contributed by atoms with Gasteiger partial charge in [-0.2, -0.15) is 0 Å². The molecule has 2 aliphatic carbocycles. The number of benzene rings is 9. The topological polar surface area (TPSA) is 13.1 Å². The van der Waals surface area contributed by atoms with E-state index in [4.69, 9.17) is 4.42 Å². The number of furan rings is 1. The molecule has 0 amide bonds. The van der Waals surface area contributed by atoms with Gasteiger partial charge >= 0.3 is 0 Å². The van der Waals surface area contributed by atoms with Crippen LogP contribution in [-0.2, 0) is 11.8 Å². The summed E-state index contributed by atoms with van der Waals surface area (Å²) in [6.45, 7) is 4.76. The van der Waals surface area contributed by atoms with Crippen molar-refractivity contribution < 1.29 is 4.42 Å². The first-order valence-corrected chi connectivity index (χ1v) is 19.9. The lowest BCUT2D eigenvalue weighted by Gasteiger charge is -2.23. The average molecular weight is 715 g/mol. The normalized spacial score (nSPS) is 14.4. The van der Waals surface area contributed by atoms with Crippen molar-refractivity contribution in [2.24, 2.45) is 0 Å². The molecule has 0 saturated carbocycles. The van der Waals surface area contributed by atoms with E-state index in [9.17, 15) is 0 Å². The third-order valence-electron chi connectivity index (χ3n) is 12.9. The smallest absolute Gasteiger partial charge is 0.136 e. The summed E-state index contributed by atoms with van der Waals surface area (Å²) in [6.07, 6.45) is 4.49. The second kappa shape index (κ2) is 11.7. The predicted octanol–water partition coefficient (Wildman–Crippen LogP) is 15.2. The lowest BCUT2D eigenvalue weighted by molar-refractivity contribution is 0.661. The monoisotopic (exact) mass is 714 g/mol. The summed E-state index contributed by atoms with van der Waals surface area (Å²) in [5, 5.41) is 10.1. The zero-order valence-corrected chi connectivity index (χ0v) is 31.5. The maximum Gasteiger partial charge on any atom is 0.136 e. The van der Waals surface area contributed by atoms with Crippen LogP contribution in [-0.4, -0.2) is 0 Å². The van der Waals surface area contributed by atoms with Gasteiger partial charge < -0.3 is 4.42 Å². The summed E-state index contributed by atoms with van der Waals surface area (Å²) in [5.74, 6) is 0. The average Bonchev–Trinajstić information content (AvgIpc) is 3.72. The molecule has 1 aromatic heterocycles. The minimum absolute atomic E-state index is 0.120. The number of hydrogen-bond donors (Lipinski definition) is 0. The van der Waals surface area contributed by atoms with E-state index >= 15 is 0 Å². The molecular formula is C55H38O. The molecule has 10 aromatic rings. The molecule has 56 heavy (non-hydrogen) atoms. The molecule has 0 spiro atoms. The first-order chi connectivity index (χ1) is 27.5. The van der Waals surface area contributed by atoms with Crippen molar-refractivity contribution in [3.8, 4) is 33.4 Å². The molecule has 0 bridgehead atoms. The highest BCUT2D eigenvalue weighted by Gasteiger charge is 2.37. The molecule has 12 rings (SSSR count). The Labute approximate surface area is 326 Å². The number of allylic oxidation sites excluding steroid dienone is 1. The van der Waals surface area contributed by atoms with Crippen molar-refractivity contribution in [3.05, 3.63) is 192 Å². The molecule has 0 radical (unpaired) electrons. The van der Waals surface area contributed by atoms with E-state index in [-0.39, 0.29) is 5.41 Å². The van der Waals surface area contributed by atoms with Crippen LogP contribution in [0, 0.1) is 0 Å². The van der Waals surface area contributed by atoms with Crippen LogP contribution in [0.15, 0.2) is 168 Å². The highest BCUT2D eigenvalue weighted by molar-refractivity contribution is 6.20. The van der Waals surface area contributed by atoms with Crippen LogP contribution in [0.2, 0.25) is 0 Å². The summed E-state index contributed by atoms with van der Waals surface area (Å²) in [6, 6.07) is 60.7. The summed E-state index contributed by atoms with van der Waals surface area (Å²) in [7, 11) is 0. The van der Waals surface area contributed by atoms with Gasteiger partial charge in [-0.25, -0.2) is 0 Å². The Kier molecular flexibility index (Phi) is 6.58. The molecule has 0 atom stereocenters. The van der Waals surface area contributed by atoms with E-state index < -0.39 is 0 Å². The Morgan fingerprint density at radius 1 is 0.429 bits per heavy atom. The van der Waals surface area contributed by atoms with Gasteiger partial charge in [-0.3, -0.25) is 0 Å². The maximum absolute atomic E-state index is 6.37. The highest BCUT2D eigenvalue weighted by atomic mass is 16.3. The van der Waals surface area contributed by atoms with Crippen molar-refractivity contribution in [1.82, 2.24) is 0 Å². The Morgan fingerprint density at radius 3 is 1.86 bits per heavy atom. The number of para-hydroxylation sites is 1. The summed E-state index contributed by atoms with van der Waals surface area (Å²) in [4.78, 5) is 0. The lowest BCUT2D eigenvalue weighted by Crippen LogP contribution is -2.15. The van der Waals surface area contributed by atoms with Gasteiger partial charge in [-0.1, -0.05) is 159 Å². The minimum atomic E-state index is -0.120. The van der Waals surface area contributed by atoms with Gasteiger partial charge in [0.15, 0.2) is 0 Å². The first kappa shape index (κ1) is 31.6. The molecule has 0 saturated heterocycles. The van der Waals surface area contributed by atoms with Gasteiger partial charge in [0.2, 0.25) is 0 Å². The van der Waals surface area contributed by atoms with E-state index in [0.29, 0.717) is 0 Å². The fourth-order valence-electron chi connectivity index (χ4n) is 10.2. The second-order valence-corrected chi connectivity index (χ2v) is 16.3. The zero-order valence-electron chi connectivity index (χ0n) is 31.5. The van der Waals surface area contributed by atoms with Gasteiger partial charge in [0, 0.05) is 16.2 Å². The van der Waals surface area contributed by atoms with Crippen LogP contribution < -0.4 is 0 Å².